The monoisotopic (exact) mass is 393 g/mol. The highest BCUT2D eigenvalue weighted by Gasteiger charge is 2.33. The van der Waals surface area contributed by atoms with E-state index < -0.39 is 10.0 Å². The number of carbonyl (C=O) groups excluding carboxylic acids is 1. The minimum absolute atomic E-state index is 0.219. The number of piperidine rings is 1. The van der Waals surface area contributed by atoms with Gasteiger partial charge in [0.1, 0.15) is 0 Å². The van der Waals surface area contributed by atoms with Crippen molar-refractivity contribution in [1.82, 2.24) is 14.4 Å². The predicted molar refractivity (Wildman–Crippen MR) is 97.3 cm³/mol. The third-order valence-corrected chi connectivity index (χ3v) is 6.71. The maximum atomic E-state index is 13.1. The Morgan fingerprint density at radius 2 is 2.00 bits per heavy atom. The molecule has 0 unspecified atom stereocenters. The van der Waals surface area contributed by atoms with E-state index in [1.807, 2.05) is 0 Å². The van der Waals surface area contributed by atoms with Crippen LogP contribution in [0.2, 0.25) is 0 Å². The van der Waals surface area contributed by atoms with Crippen LogP contribution in [-0.4, -0.2) is 48.5 Å². The van der Waals surface area contributed by atoms with Crippen LogP contribution in [0.15, 0.2) is 27.6 Å². The zero-order chi connectivity index (χ0) is 19.6. The number of aromatic nitrogens is 2. The highest BCUT2D eigenvalue weighted by molar-refractivity contribution is 7.89. The van der Waals surface area contributed by atoms with Gasteiger partial charge in [-0.25, -0.2) is 8.42 Å². The van der Waals surface area contributed by atoms with E-state index in [1.54, 1.807) is 39.0 Å². The fourth-order valence-electron chi connectivity index (χ4n) is 3.16. The summed E-state index contributed by atoms with van der Waals surface area (Å²) in [4.78, 5) is 16.2. The first-order valence-electron chi connectivity index (χ1n) is 8.91. The van der Waals surface area contributed by atoms with Crippen LogP contribution in [0.25, 0.3) is 11.4 Å². The first-order valence-corrected chi connectivity index (χ1v) is 10.3. The number of ether oxygens (including phenoxy) is 1. The average Bonchev–Trinajstić information content (AvgIpc) is 3.08. The van der Waals surface area contributed by atoms with Crippen molar-refractivity contribution in [1.29, 1.82) is 0 Å². The number of aryl methyl sites for hydroxylation is 2. The molecule has 1 aromatic carbocycles. The number of rotatable bonds is 5. The molecule has 2 heterocycles. The number of esters is 1. The molecule has 0 bridgehead atoms. The van der Waals surface area contributed by atoms with E-state index in [9.17, 15) is 13.2 Å². The van der Waals surface area contributed by atoms with Crippen molar-refractivity contribution >= 4 is 16.0 Å². The summed E-state index contributed by atoms with van der Waals surface area (Å²) in [6.45, 7) is 6.10. The molecule has 1 aliphatic heterocycles. The van der Waals surface area contributed by atoms with Gasteiger partial charge in [0.05, 0.1) is 17.4 Å². The number of hydrogen-bond acceptors (Lipinski definition) is 7. The lowest BCUT2D eigenvalue weighted by atomic mass is 9.98. The number of hydrogen-bond donors (Lipinski definition) is 0. The van der Waals surface area contributed by atoms with Crippen molar-refractivity contribution in [2.75, 3.05) is 19.7 Å². The molecule has 3 rings (SSSR count). The second kappa shape index (κ2) is 7.77. The molecule has 0 saturated carbocycles. The summed E-state index contributed by atoms with van der Waals surface area (Å²) in [5.41, 5.74) is 1.23. The van der Waals surface area contributed by atoms with E-state index in [0.29, 0.717) is 42.3 Å². The summed E-state index contributed by atoms with van der Waals surface area (Å²) in [5, 5.41) is 3.85. The molecule has 27 heavy (non-hydrogen) atoms. The highest BCUT2D eigenvalue weighted by Crippen LogP contribution is 2.29. The Morgan fingerprint density at radius 1 is 1.30 bits per heavy atom. The van der Waals surface area contributed by atoms with Crippen molar-refractivity contribution in [3.05, 3.63) is 29.7 Å². The molecule has 0 atom stereocenters. The summed E-state index contributed by atoms with van der Waals surface area (Å²) in [6, 6.07) is 5.08. The molecule has 1 fully saturated rings. The van der Waals surface area contributed by atoms with Crippen LogP contribution in [0, 0.1) is 19.8 Å². The molecule has 0 N–H and O–H groups in total. The molecular weight excluding hydrogens is 370 g/mol. The van der Waals surface area contributed by atoms with E-state index in [1.165, 1.54) is 4.31 Å². The maximum Gasteiger partial charge on any atom is 0.309 e. The largest absolute Gasteiger partial charge is 0.466 e. The van der Waals surface area contributed by atoms with Gasteiger partial charge in [0.15, 0.2) is 0 Å². The summed E-state index contributed by atoms with van der Waals surface area (Å²) in [5.74, 6) is 0.271. The quantitative estimate of drug-likeness (QED) is 0.718. The van der Waals surface area contributed by atoms with Gasteiger partial charge in [-0.3, -0.25) is 4.79 Å². The Balaban J connectivity index is 1.82. The molecule has 9 heteroatoms. The molecule has 146 valence electrons. The minimum atomic E-state index is -3.68. The van der Waals surface area contributed by atoms with Crippen LogP contribution in [0.3, 0.4) is 0 Å². The fraction of sp³-hybridized carbons (Fsp3) is 0.500. The van der Waals surface area contributed by atoms with Gasteiger partial charge in [0, 0.05) is 25.6 Å². The average molecular weight is 393 g/mol. The van der Waals surface area contributed by atoms with Gasteiger partial charge >= 0.3 is 5.97 Å². The Bertz CT molecular complexity index is 930. The van der Waals surface area contributed by atoms with Crippen LogP contribution in [0.5, 0.6) is 0 Å². The number of benzene rings is 1. The van der Waals surface area contributed by atoms with E-state index in [-0.39, 0.29) is 29.9 Å². The van der Waals surface area contributed by atoms with E-state index in [2.05, 4.69) is 10.1 Å². The van der Waals surface area contributed by atoms with Crippen LogP contribution in [0.1, 0.15) is 31.2 Å². The fourth-order valence-corrected chi connectivity index (χ4v) is 4.89. The molecule has 0 aliphatic carbocycles. The van der Waals surface area contributed by atoms with Gasteiger partial charge in [0.2, 0.25) is 21.7 Å². The van der Waals surface area contributed by atoms with Crippen molar-refractivity contribution in [2.45, 2.75) is 38.5 Å². The Kier molecular flexibility index (Phi) is 5.61. The predicted octanol–water partition coefficient (Wildman–Crippen LogP) is 2.32. The molecule has 2 aromatic rings. The molecule has 1 saturated heterocycles. The Hall–Kier alpha value is -2.26. The standard InChI is InChI=1S/C18H23N3O5S/c1-4-25-18(22)14-7-9-21(10-8-14)27(23,24)16-11-15(6-5-12(16)2)17-19-13(3)26-20-17/h5-6,11,14H,4,7-10H2,1-3H3. The second-order valence-electron chi connectivity index (χ2n) is 6.55. The molecule has 1 aliphatic rings. The highest BCUT2D eigenvalue weighted by atomic mass is 32.2. The Morgan fingerprint density at radius 3 is 2.59 bits per heavy atom. The zero-order valence-electron chi connectivity index (χ0n) is 15.6. The van der Waals surface area contributed by atoms with Crippen molar-refractivity contribution in [2.24, 2.45) is 5.92 Å². The summed E-state index contributed by atoms with van der Waals surface area (Å²) < 4.78 is 37.7. The molecule has 0 amide bonds. The molecule has 0 radical (unpaired) electrons. The number of sulfonamides is 1. The van der Waals surface area contributed by atoms with Gasteiger partial charge in [-0.2, -0.15) is 9.29 Å². The second-order valence-corrected chi connectivity index (χ2v) is 8.45. The lowest BCUT2D eigenvalue weighted by Gasteiger charge is -2.30. The van der Waals surface area contributed by atoms with E-state index in [0.717, 1.165) is 0 Å². The normalized spacial score (nSPS) is 16.4. The van der Waals surface area contributed by atoms with Crippen molar-refractivity contribution in [3.63, 3.8) is 0 Å². The van der Waals surface area contributed by atoms with Crippen LogP contribution < -0.4 is 0 Å². The SMILES string of the molecule is CCOC(=O)C1CCN(S(=O)(=O)c2cc(-c3noc(C)n3)ccc2C)CC1. The van der Waals surface area contributed by atoms with Crippen LogP contribution in [0.4, 0.5) is 0 Å². The van der Waals surface area contributed by atoms with Gasteiger partial charge in [-0.05, 0) is 38.3 Å². The number of carbonyl (C=O) groups is 1. The van der Waals surface area contributed by atoms with Gasteiger partial charge < -0.3 is 9.26 Å². The molecule has 1 aromatic heterocycles. The maximum absolute atomic E-state index is 13.1. The molecular formula is C18H23N3O5S. The van der Waals surface area contributed by atoms with E-state index in [4.69, 9.17) is 9.26 Å². The summed E-state index contributed by atoms with van der Waals surface area (Å²) in [6.07, 6.45) is 0.918. The van der Waals surface area contributed by atoms with Crippen molar-refractivity contribution < 1.29 is 22.5 Å². The first kappa shape index (κ1) is 19.5. The minimum Gasteiger partial charge on any atom is -0.466 e. The molecule has 0 spiro atoms. The van der Waals surface area contributed by atoms with Crippen LogP contribution in [-0.2, 0) is 19.6 Å². The van der Waals surface area contributed by atoms with E-state index >= 15 is 0 Å². The third-order valence-electron chi connectivity index (χ3n) is 4.67. The lowest BCUT2D eigenvalue weighted by molar-refractivity contribution is -0.149. The van der Waals surface area contributed by atoms with Crippen LogP contribution >= 0.6 is 0 Å². The lowest BCUT2D eigenvalue weighted by Crippen LogP contribution is -2.40. The Labute approximate surface area is 158 Å². The van der Waals surface area contributed by atoms with Gasteiger partial charge in [-0.1, -0.05) is 17.3 Å². The zero-order valence-corrected chi connectivity index (χ0v) is 16.5. The molecule has 8 nitrogen and oxygen atoms in total. The summed E-state index contributed by atoms with van der Waals surface area (Å²) in [7, 11) is -3.68. The third kappa shape index (κ3) is 4.03. The number of nitrogens with zero attached hydrogens (tertiary/aromatic N) is 3. The smallest absolute Gasteiger partial charge is 0.309 e. The topological polar surface area (TPSA) is 103 Å². The van der Waals surface area contributed by atoms with Gasteiger partial charge in [0.25, 0.3) is 0 Å². The summed E-state index contributed by atoms with van der Waals surface area (Å²) >= 11 is 0. The van der Waals surface area contributed by atoms with Gasteiger partial charge in [-0.15, -0.1) is 0 Å². The first-order chi connectivity index (χ1) is 12.8. The van der Waals surface area contributed by atoms with Crippen molar-refractivity contribution in [3.8, 4) is 11.4 Å².